The highest BCUT2D eigenvalue weighted by Gasteiger charge is 2.53. The maximum Gasteiger partial charge on any atom is 0.188 e. The number of benzene rings is 6. The molecule has 0 fully saturated rings. The van der Waals surface area contributed by atoms with Crippen molar-refractivity contribution in [2.75, 3.05) is 0 Å². The van der Waals surface area contributed by atoms with Gasteiger partial charge in [0.25, 0.3) is 0 Å². The Balaban J connectivity index is 1.20. The summed E-state index contributed by atoms with van der Waals surface area (Å²) in [5.41, 5.74) is 11.9. The van der Waals surface area contributed by atoms with Crippen LogP contribution in [0.4, 0.5) is 5.69 Å². The molecule has 56 heavy (non-hydrogen) atoms. The van der Waals surface area contributed by atoms with Gasteiger partial charge in [-0.25, -0.2) is 4.85 Å². The van der Waals surface area contributed by atoms with Crippen molar-refractivity contribution in [3.63, 3.8) is 0 Å². The SMILES string of the molecule is [C-]#[N+]c1ccc2c(c1)c1cc(C#N)ccc1n2-c1cccc2c1Oc1ccccc1C21c2cccnc2-c2ncc(-n3c4ccccc4c4ccccc43)cc21. The number of nitriles is 1. The quantitative estimate of drug-likeness (QED) is 0.167. The molecule has 5 heterocycles. The minimum absolute atomic E-state index is 0.538. The van der Waals surface area contributed by atoms with E-state index in [0.717, 1.165) is 83.6 Å². The molecular weight excluding hydrogens is 689 g/mol. The van der Waals surface area contributed by atoms with Crippen molar-refractivity contribution >= 4 is 49.3 Å². The number of hydrogen-bond donors (Lipinski definition) is 0. The maximum atomic E-state index is 9.87. The smallest absolute Gasteiger partial charge is 0.188 e. The van der Waals surface area contributed by atoms with Gasteiger partial charge in [-0.2, -0.15) is 5.26 Å². The fourth-order valence-corrected chi connectivity index (χ4v) is 9.51. The monoisotopic (exact) mass is 714 g/mol. The van der Waals surface area contributed by atoms with Crippen molar-refractivity contribution in [3.8, 4) is 40.3 Å². The van der Waals surface area contributed by atoms with E-state index in [0.29, 0.717) is 17.0 Å². The van der Waals surface area contributed by atoms with Gasteiger partial charge in [0.15, 0.2) is 11.4 Å². The van der Waals surface area contributed by atoms with Gasteiger partial charge in [0.2, 0.25) is 0 Å². The molecule has 7 heteroatoms. The van der Waals surface area contributed by atoms with Crippen LogP contribution in [0.3, 0.4) is 0 Å². The molecule has 1 unspecified atom stereocenters. The summed E-state index contributed by atoms with van der Waals surface area (Å²) in [6, 6.07) is 52.0. The van der Waals surface area contributed by atoms with Crippen LogP contribution in [0.2, 0.25) is 0 Å². The van der Waals surface area contributed by atoms with E-state index in [9.17, 15) is 5.26 Å². The van der Waals surface area contributed by atoms with Gasteiger partial charge in [0.1, 0.15) is 5.75 Å². The number of rotatable bonds is 2. The van der Waals surface area contributed by atoms with E-state index < -0.39 is 5.41 Å². The van der Waals surface area contributed by atoms with Crippen LogP contribution in [0.1, 0.15) is 27.8 Å². The molecule has 1 spiro atoms. The van der Waals surface area contributed by atoms with E-state index >= 15 is 0 Å². The van der Waals surface area contributed by atoms with E-state index in [1.165, 1.54) is 10.8 Å². The standard InChI is InChI=1S/C49H26N6O/c1-51-30-20-22-43-35(25-30)34-24-29(27-50)19-21-42(34)55(43)44-17-8-13-38-48(44)56-45-18-7-4-12-36(45)49(38)37-14-9-23-52-46(37)47-39(49)26-31(28-53-47)54-40-15-5-2-10-32(40)33-11-3-6-16-41(33)54/h2-26,28H. The molecule has 1 aliphatic heterocycles. The molecule has 0 N–H and O–H groups in total. The fraction of sp³-hybridized carbons (Fsp3) is 0.0204. The van der Waals surface area contributed by atoms with Gasteiger partial charge in [0, 0.05) is 39.0 Å². The summed E-state index contributed by atoms with van der Waals surface area (Å²) in [6.07, 6.45) is 3.82. The zero-order valence-electron chi connectivity index (χ0n) is 29.6. The van der Waals surface area contributed by atoms with Gasteiger partial charge < -0.3 is 13.9 Å². The van der Waals surface area contributed by atoms with Crippen LogP contribution in [-0.4, -0.2) is 19.1 Å². The van der Waals surface area contributed by atoms with Crippen molar-refractivity contribution in [2.24, 2.45) is 0 Å². The van der Waals surface area contributed by atoms with Crippen molar-refractivity contribution in [3.05, 3.63) is 197 Å². The van der Waals surface area contributed by atoms with E-state index in [1.54, 1.807) is 0 Å². The lowest BCUT2D eigenvalue weighted by molar-refractivity contribution is 0.434. The molecule has 0 radical (unpaired) electrons. The van der Waals surface area contributed by atoms with Crippen LogP contribution in [0.15, 0.2) is 158 Å². The second-order valence-corrected chi connectivity index (χ2v) is 14.4. The largest absolute Gasteiger partial charge is 0.454 e. The molecule has 6 aromatic carbocycles. The fourth-order valence-electron chi connectivity index (χ4n) is 9.51. The summed E-state index contributed by atoms with van der Waals surface area (Å²) in [4.78, 5) is 14.0. The summed E-state index contributed by atoms with van der Waals surface area (Å²) in [5, 5.41) is 14.0. The summed E-state index contributed by atoms with van der Waals surface area (Å²) in [6.45, 7) is 7.76. The summed E-state index contributed by atoms with van der Waals surface area (Å²) < 4.78 is 11.6. The van der Waals surface area contributed by atoms with Crippen molar-refractivity contribution in [2.45, 2.75) is 5.41 Å². The van der Waals surface area contributed by atoms with Gasteiger partial charge in [-0.15, -0.1) is 0 Å². The van der Waals surface area contributed by atoms with Crippen LogP contribution in [0.25, 0.3) is 71.2 Å². The van der Waals surface area contributed by atoms with Gasteiger partial charge >= 0.3 is 0 Å². The number of aromatic nitrogens is 4. The third-order valence-corrected chi connectivity index (χ3v) is 11.7. The topological polar surface area (TPSA) is 73.0 Å². The first-order valence-electron chi connectivity index (χ1n) is 18.4. The first-order chi connectivity index (χ1) is 27.7. The lowest BCUT2D eigenvalue weighted by atomic mass is 9.66. The average Bonchev–Trinajstić information content (AvgIpc) is 3.87. The summed E-state index contributed by atoms with van der Waals surface area (Å²) in [5.74, 6) is 1.47. The second-order valence-electron chi connectivity index (χ2n) is 14.4. The van der Waals surface area contributed by atoms with Crippen molar-refractivity contribution in [1.29, 1.82) is 5.26 Å². The minimum atomic E-state index is -0.828. The third-order valence-electron chi connectivity index (χ3n) is 11.7. The lowest BCUT2D eigenvalue weighted by Gasteiger charge is -2.39. The molecule has 7 nitrogen and oxygen atoms in total. The molecule has 2 aliphatic rings. The van der Waals surface area contributed by atoms with E-state index in [1.807, 2.05) is 67.0 Å². The van der Waals surface area contributed by atoms with Crippen molar-refractivity contribution < 1.29 is 4.74 Å². The third kappa shape index (κ3) is 3.78. The Kier molecular flexibility index (Phi) is 5.99. The molecule has 258 valence electrons. The Bertz CT molecular complexity index is 3330. The molecular formula is C49H26N6O. The first kappa shape index (κ1) is 30.5. The van der Waals surface area contributed by atoms with Crippen LogP contribution in [0, 0.1) is 17.9 Å². The van der Waals surface area contributed by atoms with E-state index in [-0.39, 0.29) is 0 Å². The highest BCUT2D eigenvalue weighted by atomic mass is 16.5. The molecule has 0 amide bonds. The van der Waals surface area contributed by atoms with Gasteiger partial charge in [-0.3, -0.25) is 9.97 Å². The zero-order valence-corrected chi connectivity index (χ0v) is 29.6. The Hall–Kier alpha value is -8.00. The molecule has 4 aromatic heterocycles. The molecule has 0 saturated heterocycles. The first-order valence-corrected chi connectivity index (χ1v) is 18.4. The number of fused-ring (bicyclic) bond motifs is 15. The number of para-hydroxylation sites is 4. The van der Waals surface area contributed by atoms with Gasteiger partial charge in [0.05, 0.1) is 74.6 Å². The molecule has 1 aliphatic carbocycles. The molecule has 1 atom stereocenters. The Labute approximate surface area is 320 Å². The average molecular weight is 715 g/mol. The van der Waals surface area contributed by atoms with Gasteiger partial charge in [-0.1, -0.05) is 78.9 Å². The Morgan fingerprint density at radius 1 is 0.589 bits per heavy atom. The van der Waals surface area contributed by atoms with Crippen molar-refractivity contribution in [1.82, 2.24) is 19.1 Å². The molecule has 0 saturated carbocycles. The predicted octanol–water partition coefficient (Wildman–Crippen LogP) is 11.6. The number of hydrogen-bond acceptors (Lipinski definition) is 4. The van der Waals surface area contributed by atoms with Crippen LogP contribution in [0.5, 0.6) is 11.5 Å². The highest BCUT2D eigenvalue weighted by molar-refractivity contribution is 6.11. The maximum absolute atomic E-state index is 9.87. The number of nitrogens with zero attached hydrogens (tertiary/aromatic N) is 6. The molecule has 10 aromatic rings. The highest BCUT2D eigenvalue weighted by Crippen LogP contribution is 2.62. The minimum Gasteiger partial charge on any atom is -0.454 e. The Morgan fingerprint density at radius 3 is 2.07 bits per heavy atom. The molecule has 12 rings (SSSR count). The summed E-state index contributed by atoms with van der Waals surface area (Å²) in [7, 11) is 0. The van der Waals surface area contributed by atoms with Gasteiger partial charge in [-0.05, 0) is 77.7 Å². The number of pyridine rings is 2. The van der Waals surface area contributed by atoms with E-state index in [2.05, 4.69) is 111 Å². The molecule has 0 bridgehead atoms. The van der Waals surface area contributed by atoms with E-state index in [4.69, 9.17) is 21.3 Å². The van der Waals surface area contributed by atoms with Crippen LogP contribution in [-0.2, 0) is 5.41 Å². The summed E-state index contributed by atoms with van der Waals surface area (Å²) >= 11 is 0. The zero-order chi connectivity index (χ0) is 37.1. The van der Waals surface area contributed by atoms with Crippen LogP contribution >= 0.6 is 0 Å². The predicted molar refractivity (Wildman–Crippen MR) is 219 cm³/mol. The lowest BCUT2D eigenvalue weighted by Crippen LogP contribution is -2.32. The second kappa shape index (κ2) is 11.0. The van der Waals surface area contributed by atoms with Crippen LogP contribution < -0.4 is 4.74 Å². The normalized spacial score (nSPS) is 15.0. The number of ether oxygens (including phenoxy) is 1. The Morgan fingerprint density at radius 2 is 1.27 bits per heavy atom.